The first-order chi connectivity index (χ1) is 15.6. The Bertz CT molecular complexity index is 1110. The van der Waals surface area contributed by atoms with Crippen LogP contribution in [0.25, 0.3) is 0 Å². The zero-order valence-corrected chi connectivity index (χ0v) is 19.9. The van der Waals surface area contributed by atoms with E-state index in [1.54, 1.807) is 42.5 Å². The first kappa shape index (κ1) is 24.1. The van der Waals surface area contributed by atoms with E-state index in [1.165, 1.54) is 5.56 Å². The summed E-state index contributed by atoms with van der Waals surface area (Å²) in [5.74, 6) is 0.617. The predicted molar refractivity (Wildman–Crippen MR) is 134 cm³/mol. The number of hydrogen-bond donors (Lipinski definition) is 2. The van der Waals surface area contributed by atoms with Gasteiger partial charge in [0.15, 0.2) is 0 Å². The van der Waals surface area contributed by atoms with Crippen LogP contribution in [0, 0.1) is 5.92 Å². The summed E-state index contributed by atoms with van der Waals surface area (Å²) in [7, 11) is 0. The predicted octanol–water partition coefficient (Wildman–Crippen LogP) is 6.52. The average Bonchev–Trinajstić information content (AvgIpc) is 2.77. The maximum atomic E-state index is 12.7. The molecule has 0 radical (unpaired) electrons. The minimum atomic E-state index is -0.244. The lowest BCUT2D eigenvalue weighted by atomic mass is 9.87. The Hall–Kier alpha value is -3.60. The van der Waals surface area contributed by atoms with Crippen molar-refractivity contribution in [2.75, 3.05) is 17.2 Å². The summed E-state index contributed by atoms with van der Waals surface area (Å²) in [6.45, 7) is 11.1. The van der Waals surface area contributed by atoms with Gasteiger partial charge in [0.05, 0.1) is 6.61 Å². The van der Waals surface area contributed by atoms with Crippen LogP contribution in [0.3, 0.4) is 0 Å². The summed E-state index contributed by atoms with van der Waals surface area (Å²) < 4.78 is 5.71. The number of nitrogens with one attached hydrogen (secondary N) is 2. The van der Waals surface area contributed by atoms with Crippen molar-refractivity contribution in [3.8, 4) is 5.75 Å². The molecule has 172 valence electrons. The van der Waals surface area contributed by atoms with Gasteiger partial charge in [-0.2, -0.15) is 0 Å². The molecule has 0 spiro atoms. The molecule has 0 bridgehead atoms. The molecule has 0 fully saturated rings. The Morgan fingerprint density at radius 3 is 1.94 bits per heavy atom. The molecule has 3 aromatic rings. The fourth-order valence-electron chi connectivity index (χ4n) is 3.19. The molecule has 0 unspecified atom stereocenters. The topological polar surface area (TPSA) is 67.4 Å². The number of carbonyl (C=O) groups is 2. The third-order valence-electron chi connectivity index (χ3n) is 5.07. The molecule has 3 aromatic carbocycles. The second kappa shape index (κ2) is 10.3. The smallest absolute Gasteiger partial charge is 0.255 e. The van der Waals surface area contributed by atoms with E-state index in [0.717, 1.165) is 0 Å². The van der Waals surface area contributed by atoms with Crippen molar-refractivity contribution in [3.05, 3.63) is 89.5 Å². The van der Waals surface area contributed by atoms with E-state index >= 15 is 0 Å². The number of ether oxygens (including phenoxy) is 1. The van der Waals surface area contributed by atoms with E-state index < -0.39 is 0 Å². The third-order valence-corrected chi connectivity index (χ3v) is 5.07. The monoisotopic (exact) mass is 444 g/mol. The number of benzene rings is 3. The summed E-state index contributed by atoms with van der Waals surface area (Å²) in [6.07, 6.45) is 0. The first-order valence-electron chi connectivity index (χ1n) is 11.2. The van der Waals surface area contributed by atoms with Crippen LogP contribution in [-0.4, -0.2) is 18.4 Å². The molecule has 0 heterocycles. The SMILES string of the molecule is CC(C)COc1cccc(C(=O)Nc2cccc(NC(=O)c3ccc(C(C)(C)C)cc3)c2)c1. The average molecular weight is 445 g/mol. The van der Waals surface area contributed by atoms with Crippen molar-refractivity contribution >= 4 is 23.2 Å². The zero-order valence-electron chi connectivity index (χ0n) is 19.9. The molecule has 0 saturated carbocycles. The Morgan fingerprint density at radius 1 is 0.788 bits per heavy atom. The summed E-state index contributed by atoms with van der Waals surface area (Å²) >= 11 is 0. The Kier molecular flexibility index (Phi) is 7.54. The van der Waals surface area contributed by atoms with Crippen LogP contribution in [0.15, 0.2) is 72.8 Å². The lowest BCUT2D eigenvalue weighted by molar-refractivity contribution is 0.101. The van der Waals surface area contributed by atoms with Crippen LogP contribution in [0.4, 0.5) is 11.4 Å². The highest BCUT2D eigenvalue weighted by Gasteiger charge is 2.15. The van der Waals surface area contributed by atoms with Crippen LogP contribution in [0.1, 0.15) is 60.9 Å². The Balaban J connectivity index is 1.65. The molecule has 0 saturated heterocycles. The molecule has 0 aliphatic rings. The van der Waals surface area contributed by atoms with Gasteiger partial charge in [-0.25, -0.2) is 0 Å². The van der Waals surface area contributed by atoms with Gasteiger partial charge in [0.25, 0.3) is 11.8 Å². The van der Waals surface area contributed by atoms with Crippen molar-refractivity contribution in [1.29, 1.82) is 0 Å². The van der Waals surface area contributed by atoms with Crippen LogP contribution >= 0.6 is 0 Å². The molecular formula is C28H32N2O3. The molecule has 33 heavy (non-hydrogen) atoms. The fourth-order valence-corrected chi connectivity index (χ4v) is 3.19. The highest BCUT2D eigenvalue weighted by atomic mass is 16.5. The van der Waals surface area contributed by atoms with Gasteiger partial charge in [-0.1, -0.05) is 58.9 Å². The summed E-state index contributed by atoms with van der Waals surface area (Å²) in [5.41, 5.74) is 3.48. The fraction of sp³-hybridized carbons (Fsp3) is 0.286. The van der Waals surface area contributed by atoms with Gasteiger partial charge in [0, 0.05) is 22.5 Å². The van der Waals surface area contributed by atoms with Crippen molar-refractivity contribution in [1.82, 2.24) is 0 Å². The van der Waals surface area contributed by atoms with Crippen molar-refractivity contribution in [2.45, 2.75) is 40.0 Å². The number of rotatable bonds is 7. The van der Waals surface area contributed by atoms with E-state index in [-0.39, 0.29) is 17.2 Å². The van der Waals surface area contributed by atoms with Gasteiger partial charge in [-0.15, -0.1) is 0 Å². The second-order valence-electron chi connectivity index (χ2n) is 9.55. The van der Waals surface area contributed by atoms with E-state index in [9.17, 15) is 9.59 Å². The molecule has 0 aromatic heterocycles. The number of carbonyl (C=O) groups excluding carboxylic acids is 2. The molecule has 0 atom stereocenters. The molecule has 3 rings (SSSR count). The molecular weight excluding hydrogens is 412 g/mol. The summed E-state index contributed by atoms with van der Waals surface area (Å²) in [6, 6.07) is 21.8. The summed E-state index contributed by atoms with van der Waals surface area (Å²) in [4.78, 5) is 25.4. The minimum absolute atomic E-state index is 0.0294. The van der Waals surface area contributed by atoms with E-state index in [2.05, 4.69) is 45.3 Å². The van der Waals surface area contributed by atoms with Gasteiger partial charge < -0.3 is 15.4 Å². The summed E-state index contributed by atoms with van der Waals surface area (Å²) in [5, 5.41) is 5.78. The van der Waals surface area contributed by atoms with Crippen molar-refractivity contribution in [3.63, 3.8) is 0 Å². The first-order valence-corrected chi connectivity index (χ1v) is 11.2. The maximum Gasteiger partial charge on any atom is 0.255 e. The Labute approximate surface area is 196 Å². The zero-order chi connectivity index (χ0) is 24.0. The highest BCUT2D eigenvalue weighted by Crippen LogP contribution is 2.23. The van der Waals surface area contributed by atoms with Crippen LogP contribution in [-0.2, 0) is 5.41 Å². The maximum absolute atomic E-state index is 12.7. The third kappa shape index (κ3) is 6.94. The number of anilines is 2. The normalized spacial score (nSPS) is 11.2. The molecule has 2 N–H and O–H groups in total. The van der Waals surface area contributed by atoms with Crippen molar-refractivity contribution in [2.24, 2.45) is 5.92 Å². The van der Waals surface area contributed by atoms with Crippen LogP contribution in [0.2, 0.25) is 0 Å². The van der Waals surface area contributed by atoms with E-state index in [1.807, 2.05) is 30.3 Å². The van der Waals surface area contributed by atoms with Gasteiger partial charge in [-0.05, 0) is 65.4 Å². The van der Waals surface area contributed by atoms with Gasteiger partial charge in [-0.3, -0.25) is 9.59 Å². The molecule has 5 heteroatoms. The molecule has 0 aliphatic heterocycles. The molecule has 0 aliphatic carbocycles. The van der Waals surface area contributed by atoms with E-state index in [4.69, 9.17) is 4.74 Å². The second-order valence-corrected chi connectivity index (χ2v) is 9.55. The number of hydrogen-bond acceptors (Lipinski definition) is 3. The quantitative estimate of drug-likeness (QED) is 0.436. The Morgan fingerprint density at radius 2 is 1.36 bits per heavy atom. The molecule has 2 amide bonds. The van der Waals surface area contributed by atoms with Gasteiger partial charge in [0.1, 0.15) is 5.75 Å². The largest absolute Gasteiger partial charge is 0.493 e. The van der Waals surface area contributed by atoms with Crippen LogP contribution < -0.4 is 15.4 Å². The lowest BCUT2D eigenvalue weighted by Gasteiger charge is -2.19. The van der Waals surface area contributed by atoms with Crippen LogP contribution in [0.5, 0.6) is 5.75 Å². The highest BCUT2D eigenvalue weighted by molar-refractivity contribution is 6.06. The molecule has 5 nitrogen and oxygen atoms in total. The minimum Gasteiger partial charge on any atom is -0.493 e. The standard InChI is InChI=1S/C28H32N2O3/c1-19(2)18-33-25-11-6-8-21(16-25)27(32)30-24-10-7-9-23(17-24)29-26(31)20-12-14-22(15-13-20)28(3,4)5/h6-17,19H,18H2,1-5H3,(H,29,31)(H,30,32). The lowest BCUT2D eigenvalue weighted by Crippen LogP contribution is -2.15. The van der Waals surface area contributed by atoms with Gasteiger partial charge in [0.2, 0.25) is 0 Å². The number of amides is 2. The van der Waals surface area contributed by atoms with Crippen molar-refractivity contribution < 1.29 is 14.3 Å². The van der Waals surface area contributed by atoms with Gasteiger partial charge >= 0.3 is 0 Å². The van der Waals surface area contributed by atoms with E-state index in [0.29, 0.717) is 40.8 Å².